The van der Waals surface area contributed by atoms with Crippen LogP contribution in [0, 0.1) is 0 Å². The molecule has 0 heterocycles. The minimum Gasteiger partial charge on any atom is -0.389 e. The molecule has 2 atom stereocenters. The molecule has 0 fully saturated rings. The molecule has 20 heavy (non-hydrogen) atoms. The minimum atomic E-state index is -4.45. The van der Waals surface area contributed by atoms with Crippen molar-refractivity contribution < 1.29 is 17.4 Å². The molecule has 1 aromatic carbocycles. The average Bonchev–Trinajstić information content (AvgIpc) is 2.26. The lowest BCUT2D eigenvalue weighted by Gasteiger charge is -2.18. The molecule has 0 aromatic heterocycles. The van der Waals surface area contributed by atoms with Gasteiger partial charge in [0.15, 0.2) is 0 Å². The molecule has 112 valence electrons. The van der Waals surface area contributed by atoms with Gasteiger partial charge in [0.05, 0.1) is 5.56 Å². The Balaban J connectivity index is 3.08. The van der Waals surface area contributed by atoms with E-state index in [1.807, 2.05) is 0 Å². The number of nitrogens with one attached hydrogen (secondary N) is 1. The van der Waals surface area contributed by atoms with E-state index in [9.17, 15) is 17.4 Å². The molecule has 1 aromatic rings. The van der Waals surface area contributed by atoms with Gasteiger partial charge in [0.1, 0.15) is 4.99 Å². The van der Waals surface area contributed by atoms with Crippen LogP contribution < -0.4 is 11.1 Å². The van der Waals surface area contributed by atoms with Crippen molar-refractivity contribution >= 4 is 33.7 Å². The quantitative estimate of drug-likeness (QED) is 0.817. The maximum absolute atomic E-state index is 12.7. The van der Waals surface area contributed by atoms with Gasteiger partial charge >= 0.3 is 6.18 Å². The number of benzene rings is 1. The van der Waals surface area contributed by atoms with Crippen molar-refractivity contribution in [2.75, 3.05) is 17.3 Å². The molecule has 1 rings (SSSR count). The summed E-state index contributed by atoms with van der Waals surface area (Å²) in [5, 5.41) is 2.97. The second kappa shape index (κ2) is 6.53. The molecule has 0 bridgehead atoms. The summed E-state index contributed by atoms with van der Waals surface area (Å²) in [5.74, 6) is 0.373. The summed E-state index contributed by atoms with van der Waals surface area (Å²) < 4.78 is 49.1. The highest BCUT2D eigenvalue weighted by atomic mass is 32.2. The highest BCUT2D eigenvalue weighted by Crippen LogP contribution is 2.32. The number of nitrogens with two attached hydrogens (primary N) is 1. The van der Waals surface area contributed by atoms with Crippen molar-refractivity contribution in [2.24, 2.45) is 5.73 Å². The Morgan fingerprint density at radius 2 is 2.10 bits per heavy atom. The normalized spacial score (nSPS) is 14.7. The predicted octanol–water partition coefficient (Wildman–Crippen LogP) is 2.52. The number of thiocarbonyl (C=S) groups is 1. The van der Waals surface area contributed by atoms with E-state index in [1.54, 1.807) is 13.2 Å². The van der Waals surface area contributed by atoms with Gasteiger partial charge in [0, 0.05) is 40.1 Å². The second-order valence-electron chi connectivity index (χ2n) is 4.41. The molecular formula is C12H15F3N2OS2. The van der Waals surface area contributed by atoms with Gasteiger partial charge in [-0.25, -0.2) is 0 Å². The van der Waals surface area contributed by atoms with Crippen LogP contribution in [-0.2, 0) is 17.0 Å². The van der Waals surface area contributed by atoms with Crippen molar-refractivity contribution in [2.45, 2.75) is 19.1 Å². The maximum Gasteiger partial charge on any atom is 0.416 e. The Morgan fingerprint density at radius 3 is 2.55 bits per heavy atom. The fourth-order valence-corrected chi connectivity index (χ4v) is 2.67. The first-order chi connectivity index (χ1) is 9.11. The number of anilines is 1. The fourth-order valence-electron chi connectivity index (χ4n) is 1.71. The Kier molecular flexibility index (Phi) is 5.52. The molecule has 8 heteroatoms. The van der Waals surface area contributed by atoms with Gasteiger partial charge in [-0.2, -0.15) is 13.2 Å². The molecule has 0 aliphatic heterocycles. The standard InChI is InChI=1S/C12H15F3N2OS2/c1-7(6-20(2)18)17-10-4-3-8(12(13,14)15)5-9(10)11(16)19/h3-5,7,17H,6H2,1-2H3,(H2,16,19). The molecule has 0 spiro atoms. The van der Waals surface area contributed by atoms with E-state index in [0.717, 1.165) is 12.1 Å². The Hall–Kier alpha value is -1.15. The molecule has 0 aliphatic rings. The molecule has 3 N–H and O–H groups in total. The summed E-state index contributed by atoms with van der Waals surface area (Å²) in [6.07, 6.45) is -2.89. The minimum absolute atomic E-state index is 0.122. The van der Waals surface area contributed by atoms with Gasteiger partial charge in [-0.1, -0.05) is 12.2 Å². The van der Waals surface area contributed by atoms with Crippen LogP contribution in [0.2, 0.25) is 0 Å². The second-order valence-corrected chi connectivity index (χ2v) is 6.33. The summed E-state index contributed by atoms with van der Waals surface area (Å²) in [5.41, 5.74) is 5.19. The smallest absolute Gasteiger partial charge is 0.389 e. The topological polar surface area (TPSA) is 55.1 Å². The van der Waals surface area contributed by atoms with Crippen LogP contribution in [0.3, 0.4) is 0 Å². The fraction of sp³-hybridized carbons (Fsp3) is 0.417. The molecule has 0 amide bonds. The van der Waals surface area contributed by atoms with Gasteiger partial charge in [-0.15, -0.1) is 0 Å². The number of rotatable bonds is 5. The molecule has 2 unspecified atom stereocenters. The lowest BCUT2D eigenvalue weighted by atomic mass is 10.1. The van der Waals surface area contributed by atoms with Crippen LogP contribution >= 0.6 is 12.2 Å². The number of alkyl halides is 3. The van der Waals surface area contributed by atoms with Crippen molar-refractivity contribution in [3.63, 3.8) is 0 Å². The third-order valence-electron chi connectivity index (χ3n) is 2.50. The summed E-state index contributed by atoms with van der Waals surface area (Å²) >= 11 is 4.78. The molecule has 3 nitrogen and oxygen atoms in total. The first-order valence-electron chi connectivity index (χ1n) is 5.69. The molecular weight excluding hydrogens is 309 g/mol. The van der Waals surface area contributed by atoms with Crippen LogP contribution in [0.25, 0.3) is 0 Å². The summed E-state index contributed by atoms with van der Waals surface area (Å²) in [6.45, 7) is 1.78. The van der Waals surface area contributed by atoms with Crippen LogP contribution in [0.15, 0.2) is 18.2 Å². The first kappa shape index (κ1) is 16.9. The molecule has 0 saturated carbocycles. The van der Waals surface area contributed by atoms with E-state index in [-0.39, 0.29) is 16.6 Å². The van der Waals surface area contributed by atoms with Gasteiger partial charge in [0.25, 0.3) is 0 Å². The molecule has 0 aliphatic carbocycles. The average molecular weight is 324 g/mol. The van der Waals surface area contributed by atoms with Gasteiger partial charge < -0.3 is 11.1 Å². The number of hydrogen-bond donors (Lipinski definition) is 2. The van der Waals surface area contributed by atoms with E-state index in [4.69, 9.17) is 18.0 Å². The zero-order valence-electron chi connectivity index (χ0n) is 11.0. The van der Waals surface area contributed by atoms with Crippen molar-refractivity contribution in [1.82, 2.24) is 0 Å². The van der Waals surface area contributed by atoms with Crippen LogP contribution in [0.4, 0.5) is 18.9 Å². The van der Waals surface area contributed by atoms with E-state index in [0.29, 0.717) is 11.4 Å². The van der Waals surface area contributed by atoms with E-state index < -0.39 is 22.5 Å². The monoisotopic (exact) mass is 324 g/mol. The van der Waals surface area contributed by atoms with Crippen molar-refractivity contribution in [3.8, 4) is 0 Å². The summed E-state index contributed by atoms with van der Waals surface area (Å²) in [6, 6.07) is 2.98. The van der Waals surface area contributed by atoms with Crippen LogP contribution in [-0.4, -0.2) is 27.2 Å². The maximum atomic E-state index is 12.7. The van der Waals surface area contributed by atoms with Crippen LogP contribution in [0.5, 0.6) is 0 Å². The zero-order chi connectivity index (χ0) is 15.5. The first-order valence-corrected chi connectivity index (χ1v) is 7.82. The van der Waals surface area contributed by atoms with E-state index in [1.165, 1.54) is 6.07 Å². The highest BCUT2D eigenvalue weighted by molar-refractivity contribution is 7.84. The number of halogens is 3. The largest absolute Gasteiger partial charge is 0.416 e. The summed E-state index contributed by atoms with van der Waals surface area (Å²) in [7, 11) is -1.01. The van der Waals surface area contributed by atoms with Gasteiger partial charge in [-0.3, -0.25) is 4.21 Å². The third kappa shape index (κ3) is 4.75. The summed E-state index contributed by atoms with van der Waals surface area (Å²) in [4.78, 5) is -0.122. The van der Waals surface area contributed by atoms with Crippen molar-refractivity contribution in [1.29, 1.82) is 0 Å². The Labute approximate surface area is 123 Å². The Morgan fingerprint density at radius 1 is 1.50 bits per heavy atom. The lowest BCUT2D eigenvalue weighted by Crippen LogP contribution is -2.24. The Bertz CT molecular complexity index is 532. The van der Waals surface area contributed by atoms with Crippen molar-refractivity contribution in [3.05, 3.63) is 29.3 Å². The zero-order valence-corrected chi connectivity index (χ0v) is 12.6. The third-order valence-corrected chi connectivity index (χ3v) is 3.69. The lowest BCUT2D eigenvalue weighted by molar-refractivity contribution is -0.137. The van der Waals surface area contributed by atoms with E-state index in [2.05, 4.69) is 5.32 Å². The van der Waals surface area contributed by atoms with Crippen LogP contribution in [0.1, 0.15) is 18.1 Å². The van der Waals surface area contributed by atoms with Gasteiger partial charge in [-0.05, 0) is 25.1 Å². The van der Waals surface area contributed by atoms with Gasteiger partial charge in [0.2, 0.25) is 0 Å². The number of hydrogen-bond acceptors (Lipinski definition) is 3. The highest BCUT2D eigenvalue weighted by Gasteiger charge is 2.31. The predicted molar refractivity (Wildman–Crippen MR) is 79.3 cm³/mol. The van der Waals surface area contributed by atoms with E-state index >= 15 is 0 Å². The SMILES string of the molecule is CC(CS(C)=O)Nc1ccc(C(F)(F)F)cc1C(N)=S. The molecule has 0 radical (unpaired) electrons. The molecule has 0 saturated heterocycles.